The zero-order chi connectivity index (χ0) is 34.0. The number of carbonyl (C=O) groups excluding carboxylic acids is 2. The average molecular weight is 640 g/mol. The van der Waals surface area contributed by atoms with E-state index in [1.807, 2.05) is 6.08 Å². The molecule has 0 aliphatic carbocycles. The Bertz CT molecular complexity index is 1200. The second-order valence-corrected chi connectivity index (χ2v) is 11.5. The molecule has 9 heteroatoms. The highest BCUT2D eigenvalue weighted by atomic mass is 16.5. The molecule has 0 unspecified atom stereocenters. The molecule has 0 spiro atoms. The fourth-order valence-electron chi connectivity index (χ4n) is 4.21. The van der Waals surface area contributed by atoms with Gasteiger partial charge in [-0.25, -0.2) is 0 Å². The molecule has 1 rings (SSSR count). The number of unbranched alkanes of at least 4 members (excludes halogenated alkanes) is 1. The summed E-state index contributed by atoms with van der Waals surface area (Å²) in [5.74, 6) is -2.41. The number of hydrogen-bond acceptors (Lipinski definition) is 7. The molecule has 0 heterocycles. The van der Waals surface area contributed by atoms with Crippen LogP contribution in [0.25, 0.3) is 0 Å². The number of rotatable bonds is 24. The van der Waals surface area contributed by atoms with Crippen LogP contribution in [0.2, 0.25) is 0 Å². The van der Waals surface area contributed by atoms with Crippen LogP contribution in [0.4, 0.5) is 0 Å². The Labute approximate surface area is 274 Å². The molecule has 0 fully saturated rings. The van der Waals surface area contributed by atoms with Crippen molar-refractivity contribution < 1.29 is 39.2 Å². The van der Waals surface area contributed by atoms with Crippen molar-refractivity contribution in [1.82, 2.24) is 5.32 Å². The van der Waals surface area contributed by atoms with E-state index in [4.69, 9.17) is 14.6 Å². The molecule has 9 nitrogen and oxygen atoms in total. The first-order valence-electron chi connectivity index (χ1n) is 16.1. The number of esters is 1. The summed E-state index contributed by atoms with van der Waals surface area (Å²) >= 11 is 0. The number of carboxylic acid groups (broad SMARTS) is 1. The van der Waals surface area contributed by atoms with E-state index in [0.29, 0.717) is 18.4 Å². The van der Waals surface area contributed by atoms with Gasteiger partial charge in [-0.05, 0) is 69.1 Å². The molecule has 0 saturated heterocycles. The lowest BCUT2D eigenvalue weighted by Gasteiger charge is -2.32. The number of ether oxygens (including phenoxy) is 2. The maximum atomic E-state index is 12.9. The van der Waals surface area contributed by atoms with Gasteiger partial charge in [-0.3, -0.25) is 14.4 Å². The van der Waals surface area contributed by atoms with Crippen molar-refractivity contribution in [2.45, 2.75) is 91.1 Å². The van der Waals surface area contributed by atoms with Crippen molar-refractivity contribution in [3.05, 3.63) is 84.5 Å². The minimum absolute atomic E-state index is 0.0640. The van der Waals surface area contributed by atoms with E-state index in [1.165, 1.54) is 12.1 Å². The summed E-state index contributed by atoms with van der Waals surface area (Å²) in [6.07, 6.45) is 26.8. The maximum absolute atomic E-state index is 12.9. The Morgan fingerprint density at radius 2 is 1.43 bits per heavy atom. The molecule has 1 atom stereocenters. The van der Waals surface area contributed by atoms with E-state index in [0.717, 1.165) is 38.5 Å². The first kappa shape index (κ1) is 39.9. The highest BCUT2D eigenvalue weighted by Gasteiger charge is 2.37. The molecule has 1 aromatic rings. The monoisotopic (exact) mass is 639 g/mol. The quantitative estimate of drug-likeness (QED) is 0.0406. The van der Waals surface area contributed by atoms with Crippen molar-refractivity contribution in [2.75, 3.05) is 19.8 Å². The molecule has 0 aliphatic rings. The van der Waals surface area contributed by atoms with E-state index < -0.39 is 23.4 Å². The Hall–Kier alpha value is -4.11. The predicted octanol–water partition coefficient (Wildman–Crippen LogP) is 7.11. The normalized spacial score (nSPS) is 13.0. The third-order valence-corrected chi connectivity index (χ3v) is 6.82. The standard InChI is InChI=1S/C37H53NO8/c1-4-5-6-7-8-9-10-11-12-13-14-15-16-17-18-19-20-21-34(43)46-29-37(2,3)35(36(44)38-26-24-33(41)42)45-27-25-30-22-23-31(39)32(40)28-30/h5-6,8-9,11-12,14-15,17-18,22-23,28,35,39-40H,4,7,10,13,16,19-21,24-27,29H2,1-3H3,(H,38,44)(H,41,42)/b6-5-,9-8-,12-11-,15-14-,18-17-/t35-/m1/s1. The summed E-state index contributed by atoms with van der Waals surface area (Å²) < 4.78 is 11.4. The van der Waals surface area contributed by atoms with Gasteiger partial charge in [0.15, 0.2) is 11.5 Å². The SMILES string of the molecule is CC/C=C\C/C=C\C/C=C\C/C=C\C/C=C\CCCC(=O)OCC(C)(C)[C@H](OCCc1ccc(O)c(O)c1)C(=O)NCCC(=O)O. The van der Waals surface area contributed by atoms with Gasteiger partial charge < -0.3 is 30.1 Å². The summed E-state index contributed by atoms with van der Waals surface area (Å²) in [5.41, 5.74) is -0.221. The number of carboxylic acids is 1. The third kappa shape index (κ3) is 19.3. The zero-order valence-electron chi connectivity index (χ0n) is 27.7. The van der Waals surface area contributed by atoms with Crippen LogP contribution in [0.5, 0.6) is 11.5 Å². The molecule has 0 aliphatic heterocycles. The van der Waals surface area contributed by atoms with Gasteiger partial charge in [0.1, 0.15) is 6.10 Å². The molecule has 1 aromatic carbocycles. The van der Waals surface area contributed by atoms with Crippen LogP contribution in [0.15, 0.2) is 79.0 Å². The molecular weight excluding hydrogens is 586 g/mol. The van der Waals surface area contributed by atoms with Crippen LogP contribution in [0.3, 0.4) is 0 Å². The van der Waals surface area contributed by atoms with Gasteiger partial charge in [-0.15, -0.1) is 0 Å². The van der Waals surface area contributed by atoms with Crippen LogP contribution in [0.1, 0.15) is 84.1 Å². The third-order valence-electron chi connectivity index (χ3n) is 6.82. The van der Waals surface area contributed by atoms with Crippen LogP contribution in [-0.4, -0.2) is 59.0 Å². The molecule has 0 aromatic heterocycles. The minimum atomic E-state index is -1.04. The summed E-state index contributed by atoms with van der Waals surface area (Å²) in [6, 6.07) is 4.41. The number of phenols is 2. The van der Waals surface area contributed by atoms with Crippen molar-refractivity contribution in [2.24, 2.45) is 5.41 Å². The molecule has 1 amide bonds. The molecule has 0 radical (unpaired) electrons. The van der Waals surface area contributed by atoms with Gasteiger partial charge >= 0.3 is 11.9 Å². The van der Waals surface area contributed by atoms with Gasteiger partial charge in [-0.1, -0.05) is 87.6 Å². The second kappa shape index (κ2) is 24.2. The Morgan fingerprint density at radius 3 is 2.00 bits per heavy atom. The number of allylic oxidation sites excluding steroid dienone is 10. The number of phenolic OH excluding ortho intramolecular Hbond substituents is 2. The van der Waals surface area contributed by atoms with Crippen molar-refractivity contribution in [3.63, 3.8) is 0 Å². The Morgan fingerprint density at radius 1 is 0.848 bits per heavy atom. The summed E-state index contributed by atoms with van der Waals surface area (Å²) in [5, 5.41) is 30.7. The molecule has 46 heavy (non-hydrogen) atoms. The lowest BCUT2D eigenvalue weighted by atomic mass is 9.86. The van der Waals surface area contributed by atoms with Gasteiger partial charge in [0.25, 0.3) is 0 Å². The van der Waals surface area contributed by atoms with E-state index in [2.05, 4.69) is 66.9 Å². The van der Waals surface area contributed by atoms with E-state index in [-0.39, 0.29) is 50.1 Å². The smallest absolute Gasteiger partial charge is 0.305 e. The zero-order valence-corrected chi connectivity index (χ0v) is 27.7. The molecule has 0 saturated carbocycles. The molecule has 254 valence electrons. The van der Waals surface area contributed by atoms with Gasteiger partial charge in [0, 0.05) is 18.4 Å². The number of carbonyl (C=O) groups is 3. The van der Waals surface area contributed by atoms with Crippen molar-refractivity contribution in [1.29, 1.82) is 0 Å². The Kier molecular flexibility index (Phi) is 21.0. The van der Waals surface area contributed by atoms with Gasteiger partial charge in [-0.2, -0.15) is 0 Å². The summed E-state index contributed by atoms with van der Waals surface area (Å²) in [7, 11) is 0. The van der Waals surface area contributed by atoms with Crippen molar-refractivity contribution >= 4 is 17.8 Å². The van der Waals surface area contributed by atoms with Crippen LogP contribution < -0.4 is 5.32 Å². The number of hydrogen-bond donors (Lipinski definition) is 4. The number of aliphatic carboxylic acids is 1. The van der Waals surface area contributed by atoms with Gasteiger partial charge in [0.05, 0.1) is 19.6 Å². The molecular formula is C37H53NO8. The molecule has 0 bridgehead atoms. The molecule has 4 N–H and O–H groups in total. The summed E-state index contributed by atoms with van der Waals surface area (Å²) in [6.45, 7) is 5.59. The predicted molar refractivity (Wildman–Crippen MR) is 182 cm³/mol. The van der Waals surface area contributed by atoms with E-state index in [9.17, 15) is 24.6 Å². The van der Waals surface area contributed by atoms with Gasteiger partial charge in [0.2, 0.25) is 5.91 Å². The van der Waals surface area contributed by atoms with E-state index >= 15 is 0 Å². The number of nitrogens with one attached hydrogen (secondary N) is 1. The van der Waals surface area contributed by atoms with E-state index in [1.54, 1.807) is 19.9 Å². The van der Waals surface area contributed by atoms with Crippen molar-refractivity contribution in [3.8, 4) is 11.5 Å². The summed E-state index contributed by atoms with van der Waals surface area (Å²) in [4.78, 5) is 36.2. The topological polar surface area (TPSA) is 142 Å². The second-order valence-electron chi connectivity index (χ2n) is 11.5. The number of benzene rings is 1. The van der Waals surface area contributed by atoms with Crippen LogP contribution in [-0.2, 0) is 30.3 Å². The van der Waals surface area contributed by atoms with Crippen LogP contribution in [0, 0.1) is 5.41 Å². The number of amides is 1. The largest absolute Gasteiger partial charge is 0.504 e. The first-order valence-corrected chi connectivity index (χ1v) is 16.1. The first-order chi connectivity index (χ1) is 22.1. The maximum Gasteiger partial charge on any atom is 0.305 e. The number of aromatic hydroxyl groups is 2. The highest BCUT2D eigenvalue weighted by Crippen LogP contribution is 2.27. The Balaban J connectivity index is 2.43. The highest BCUT2D eigenvalue weighted by molar-refractivity contribution is 5.82. The lowest BCUT2D eigenvalue weighted by Crippen LogP contribution is -2.48. The fourth-order valence-corrected chi connectivity index (χ4v) is 4.21. The lowest BCUT2D eigenvalue weighted by molar-refractivity contribution is -0.157. The van der Waals surface area contributed by atoms with Crippen LogP contribution >= 0.6 is 0 Å². The average Bonchev–Trinajstić information content (AvgIpc) is 3.01. The minimum Gasteiger partial charge on any atom is -0.504 e. The fraction of sp³-hybridized carbons (Fsp3) is 0.486.